The molecule has 3 heterocycles. The third-order valence-electron chi connectivity index (χ3n) is 14.9. The van der Waals surface area contributed by atoms with E-state index in [-0.39, 0.29) is 78.4 Å². The fraction of sp³-hybridized carbons (Fsp3) is 0.403. The maximum atomic E-state index is 14.8. The predicted octanol–water partition coefficient (Wildman–Crippen LogP) is 6.28. The van der Waals surface area contributed by atoms with Crippen LogP contribution in [0.1, 0.15) is 97.5 Å². The van der Waals surface area contributed by atoms with Crippen molar-refractivity contribution in [1.29, 1.82) is 0 Å². The first-order valence-electron chi connectivity index (χ1n) is 29.3. The average Bonchev–Trinajstić information content (AvgIpc) is 1.60. The van der Waals surface area contributed by atoms with E-state index in [1.807, 2.05) is 0 Å². The number of fused-ring (bicyclic) bond motifs is 2. The van der Waals surface area contributed by atoms with Crippen molar-refractivity contribution in [2.24, 2.45) is 0 Å². The van der Waals surface area contributed by atoms with E-state index in [1.54, 1.807) is 13.8 Å². The SMILES string of the molecule is COC(=O)Oc1cccc(C(=O)N(CCCCCCN(CC(=O)NC(C(=O)N[C@@H]2C(=O)N3[C@@H]2SC(C)(C)[C@@H]3C(=O)O)c2ccc(O)cc2)C(=O)c2cccc(OC(=O)OC)c2OC(=O)OC)CCCCCCn2c(=O)oc3c(OC(=O)OC)cccc3c2=O)c1OC(=O)OC. The van der Waals surface area contributed by atoms with Crippen molar-refractivity contribution in [3.63, 3.8) is 0 Å². The van der Waals surface area contributed by atoms with Crippen molar-refractivity contribution in [2.75, 3.05) is 61.7 Å². The van der Waals surface area contributed by atoms with Crippen LogP contribution < -0.4 is 45.6 Å². The van der Waals surface area contributed by atoms with E-state index in [2.05, 4.69) is 34.3 Å². The average molecular weight is 1350 g/mol. The van der Waals surface area contributed by atoms with E-state index in [9.17, 15) is 72.5 Å². The number of unbranched alkanes of at least 4 members (excludes halogenated alkanes) is 6. The van der Waals surface area contributed by atoms with E-state index in [4.69, 9.17) is 28.1 Å². The van der Waals surface area contributed by atoms with Crippen LogP contribution >= 0.6 is 11.8 Å². The van der Waals surface area contributed by atoms with Gasteiger partial charge in [0.15, 0.2) is 34.3 Å². The Balaban J connectivity index is 1.10. The molecule has 1 unspecified atom stereocenters. The van der Waals surface area contributed by atoms with Gasteiger partial charge in [0.05, 0.1) is 58.6 Å². The van der Waals surface area contributed by atoms with Gasteiger partial charge in [-0.15, -0.1) is 11.8 Å². The highest BCUT2D eigenvalue weighted by atomic mass is 32.2. The molecule has 2 saturated heterocycles. The van der Waals surface area contributed by atoms with Crippen molar-refractivity contribution in [1.82, 2.24) is 29.9 Å². The van der Waals surface area contributed by atoms with Crippen molar-refractivity contribution >= 4 is 89.0 Å². The molecule has 5 amide bonds. The molecular formula is C62H68N6O26S. The molecule has 0 radical (unpaired) electrons. The summed E-state index contributed by atoms with van der Waals surface area (Å²) >= 11 is 1.17. The number of benzene rings is 4. The second-order valence-corrected chi connectivity index (χ2v) is 23.3. The molecule has 33 heteroatoms. The van der Waals surface area contributed by atoms with Gasteiger partial charge in [-0.05, 0) is 93.6 Å². The van der Waals surface area contributed by atoms with Crippen molar-refractivity contribution in [2.45, 2.75) is 100 Å². The molecule has 7 rings (SSSR count). The number of para-hydroxylation sites is 3. The molecule has 2 aliphatic heterocycles. The Hall–Kier alpha value is -10.9. The molecule has 32 nitrogen and oxygen atoms in total. The number of nitrogens with zero attached hydrogens (tertiary/aromatic N) is 4. The van der Waals surface area contributed by atoms with Gasteiger partial charge in [-0.2, -0.15) is 0 Å². The maximum absolute atomic E-state index is 14.8. The molecule has 4 aromatic carbocycles. The van der Waals surface area contributed by atoms with E-state index in [1.165, 1.54) is 100 Å². The number of rotatable bonds is 28. The largest absolute Gasteiger partial charge is 0.513 e. The number of amides is 5. The third kappa shape index (κ3) is 17.6. The lowest BCUT2D eigenvalue weighted by atomic mass is 9.95. The highest BCUT2D eigenvalue weighted by molar-refractivity contribution is 8.01. The van der Waals surface area contributed by atoms with Crippen LogP contribution in [0.25, 0.3) is 11.0 Å². The van der Waals surface area contributed by atoms with Crippen LogP contribution in [0.15, 0.2) is 92.9 Å². The lowest BCUT2D eigenvalue weighted by Crippen LogP contribution is -2.71. The monoisotopic (exact) mass is 1340 g/mol. The van der Waals surface area contributed by atoms with Crippen molar-refractivity contribution in [3.05, 3.63) is 116 Å². The number of hydrogen-bond donors (Lipinski definition) is 4. The number of aromatic hydroxyl groups is 1. The fourth-order valence-electron chi connectivity index (χ4n) is 10.3. The smallest absolute Gasteiger partial charge is 0.508 e. The van der Waals surface area contributed by atoms with Gasteiger partial charge < -0.3 is 87.3 Å². The molecule has 5 aromatic rings. The molecule has 1 aromatic heterocycles. The number of aliphatic carboxylic acids is 1. The summed E-state index contributed by atoms with van der Waals surface area (Å²) in [5.41, 5.74) is -1.45. The summed E-state index contributed by atoms with van der Waals surface area (Å²) < 4.78 is 54.5. The highest BCUT2D eigenvalue weighted by Crippen LogP contribution is 2.51. The molecule has 508 valence electrons. The molecule has 95 heavy (non-hydrogen) atoms. The number of ether oxygens (including phenoxy) is 10. The first-order valence-corrected chi connectivity index (χ1v) is 30.2. The number of phenols is 1. The number of β-lactam (4-membered cyclic amide) rings is 1. The van der Waals surface area contributed by atoms with Gasteiger partial charge in [0.2, 0.25) is 17.7 Å². The zero-order valence-corrected chi connectivity index (χ0v) is 53.2. The van der Waals surface area contributed by atoms with Gasteiger partial charge >= 0.3 is 42.5 Å². The summed E-state index contributed by atoms with van der Waals surface area (Å²) in [6.07, 6.45) is -3.58. The molecule has 4 N–H and O–H groups in total. The number of thioether (sulfide) groups is 1. The van der Waals surface area contributed by atoms with E-state index >= 15 is 0 Å². The summed E-state index contributed by atoms with van der Waals surface area (Å²) in [6.45, 7) is 2.33. The van der Waals surface area contributed by atoms with E-state index in [0.29, 0.717) is 38.5 Å². The molecule has 2 fully saturated rings. The summed E-state index contributed by atoms with van der Waals surface area (Å²) in [7, 11) is 5.11. The van der Waals surface area contributed by atoms with Crippen molar-refractivity contribution in [3.8, 4) is 34.5 Å². The number of phenolic OH excluding ortho intramolecular Hbond substituents is 1. The minimum absolute atomic E-state index is 0.0308. The fourth-order valence-corrected chi connectivity index (χ4v) is 12.0. The number of aromatic nitrogens is 1. The second-order valence-electron chi connectivity index (χ2n) is 21.5. The zero-order chi connectivity index (χ0) is 69.3. The summed E-state index contributed by atoms with van der Waals surface area (Å²) in [5, 5.41) is 24.6. The lowest BCUT2D eigenvalue weighted by molar-refractivity contribution is -0.161. The normalized spacial score (nSPS) is 15.3. The van der Waals surface area contributed by atoms with Gasteiger partial charge in [-0.3, -0.25) is 28.8 Å². The maximum Gasteiger partial charge on any atom is 0.513 e. The number of carboxylic acid groups (broad SMARTS) is 1. The molecule has 0 saturated carbocycles. The highest BCUT2D eigenvalue weighted by Gasteiger charge is 2.64. The topological polar surface area (TPSA) is 407 Å². The Labute approximate surface area is 544 Å². The van der Waals surface area contributed by atoms with Gasteiger partial charge in [-0.1, -0.05) is 56.0 Å². The minimum Gasteiger partial charge on any atom is -0.508 e. The van der Waals surface area contributed by atoms with E-state index < -0.39 is 135 Å². The molecule has 0 spiro atoms. The molecule has 2 aliphatic rings. The van der Waals surface area contributed by atoms with Crippen LogP contribution in [0.4, 0.5) is 24.0 Å². The molecule has 0 aliphatic carbocycles. The number of carbonyl (C=O) groups is 11. The van der Waals surface area contributed by atoms with Crippen LogP contribution in [-0.2, 0) is 49.4 Å². The van der Waals surface area contributed by atoms with Crippen LogP contribution in [-0.4, -0.2) is 180 Å². The van der Waals surface area contributed by atoms with Crippen molar-refractivity contribution < 1.29 is 115 Å². The molecule has 4 atom stereocenters. The predicted molar refractivity (Wildman–Crippen MR) is 328 cm³/mol. The van der Waals surface area contributed by atoms with Gasteiger partial charge in [-0.25, -0.2) is 38.1 Å². The minimum atomic E-state index is -1.58. The van der Waals surface area contributed by atoms with Crippen LogP contribution in [0.3, 0.4) is 0 Å². The number of carboxylic acids is 1. The quantitative estimate of drug-likeness (QED) is 0.0141. The molecular weight excluding hydrogens is 1280 g/mol. The lowest BCUT2D eigenvalue weighted by Gasteiger charge is -2.44. The summed E-state index contributed by atoms with van der Waals surface area (Å²) in [5.74, 6) is -8.72. The number of hydrogen-bond acceptors (Lipinski definition) is 26. The third-order valence-corrected chi connectivity index (χ3v) is 16.5. The molecule has 0 bridgehead atoms. The number of carbonyl (C=O) groups excluding carboxylic acids is 10. The van der Waals surface area contributed by atoms with Crippen LogP contribution in [0, 0.1) is 0 Å². The van der Waals surface area contributed by atoms with Gasteiger partial charge in [0.1, 0.15) is 29.2 Å². The Bertz CT molecular complexity index is 3850. The van der Waals surface area contributed by atoms with Crippen LogP contribution in [0.2, 0.25) is 0 Å². The zero-order valence-electron chi connectivity index (χ0n) is 52.4. The first kappa shape index (κ1) is 71.6. The summed E-state index contributed by atoms with van der Waals surface area (Å²) in [6, 6.07) is 12.9. The number of nitrogens with one attached hydrogen (secondary N) is 2. The standard InChI is InChI=1S/C62H68N6O26S/c1-62(2)48(55(76)77)68-53(75)44(54(68)95-62)64-49(71)43(34-25-27-35(69)28-26-34)63-42(70)33-66(51(73)37-20-17-24-41(91-59(81)86-5)47(37)94-61(83)88-7)31-14-9-8-12-29-65(50(72)36-19-16-23-40(90-58(80)85-4)46(36)93-60(82)87-6)30-13-10-11-15-32-67-52(74)38-21-18-22-39(89-57(79)84-3)45(38)92-56(67)78/h16-28,43-44,48,54,69H,8-15,29-33H2,1-7H3,(H,63,70)(H,64,71)(H,76,77)/t43?,44-,48+,54-/m1/s1. The Morgan fingerprint density at radius 1 is 0.600 bits per heavy atom. The second kappa shape index (κ2) is 32.6. The Morgan fingerprint density at radius 3 is 1.58 bits per heavy atom. The van der Waals surface area contributed by atoms with E-state index in [0.717, 1.165) is 45.0 Å². The van der Waals surface area contributed by atoms with Crippen LogP contribution in [0.5, 0.6) is 34.5 Å². The number of methoxy groups -OCH3 is 5. The van der Waals surface area contributed by atoms with Gasteiger partial charge in [0, 0.05) is 30.9 Å². The van der Waals surface area contributed by atoms with Gasteiger partial charge in [0.25, 0.3) is 17.4 Å². The Kier molecular flexibility index (Phi) is 24.6. The first-order chi connectivity index (χ1) is 45.4. The summed E-state index contributed by atoms with van der Waals surface area (Å²) in [4.78, 5) is 176. The Morgan fingerprint density at radius 2 is 1.06 bits per heavy atom.